The molecule has 11 nitrogen and oxygen atoms in total. The molecule has 1 aliphatic heterocycles. The number of cyclic esters (lactones) is 4. The van der Waals surface area contributed by atoms with E-state index in [2.05, 4.69) is 5.32 Å². The third-order valence-electron chi connectivity index (χ3n) is 8.08. The molecule has 0 bridgehead atoms. The van der Waals surface area contributed by atoms with Crippen LogP contribution in [0.2, 0.25) is 0 Å². The molecule has 1 saturated heterocycles. The van der Waals surface area contributed by atoms with Crippen molar-refractivity contribution in [2.24, 2.45) is 17.3 Å². The van der Waals surface area contributed by atoms with Crippen molar-refractivity contribution in [1.82, 2.24) is 5.32 Å². The number of ether oxygens (including phenoxy) is 4. The highest BCUT2D eigenvalue weighted by Crippen LogP contribution is 2.28. The molecule has 0 unspecified atom stereocenters. The minimum Gasteiger partial charge on any atom is -0.457 e. The molecular formula is C35H42FNO10. The highest BCUT2D eigenvalue weighted by Gasteiger charge is 2.47. The second-order valence-corrected chi connectivity index (χ2v) is 12.5. The molecule has 1 fully saturated rings. The Morgan fingerprint density at radius 2 is 1.43 bits per heavy atom. The summed E-state index contributed by atoms with van der Waals surface area (Å²) in [6.07, 6.45) is -5.82. The number of nitrogens with one attached hydrogen (secondary N) is 1. The van der Waals surface area contributed by atoms with Crippen molar-refractivity contribution in [3.05, 3.63) is 71.5 Å². The number of hydrogen-bond acceptors (Lipinski definition) is 10. The van der Waals surface area contributed by atoms with Crippen LogP contribution in [0.25, 0.3) is 0 Å². The predicted octanol–water partition coefficient (Wildman–Crippen LogP) is 4.14. The summed E-state index contributed by atoms with van der Waals surface area (Å²) in [4.78, 5) is 81.4. The number of halogens is 1. The fourth-order valence-corrected chi connectivity index (χ4v) is 4.81. The van der Waals surface area contributed by atoms with E-state index in [-0.39, 0.29) is 6.42 Å². The first-order chi connectivity index (χ1) is 22.1. The Balaban J connectivity index is 2.11. The lowest BCUT2D eigenvalue weighted by Crippen LogP contribution is -2.53. The summed E-state index contributed by atoms with van der Waals surface area (Å²) >= 11 is 0. The third kappa shape index (κ3) is 9.02. The number of amides is 1. The zero-order valence-electron chi connectivity index (χ0n) is 27.6. The SMILES string of the molecule is CC[C@H](C)[C@@H]1OC(=O)C(C)(C)C(=O)[C@H](Cc2ccccc2)OC(=O)[C@H](C(C)C)OC(=O)[C@@H](NC(=O)c2ccccc2F)[C@@H](C)OC1=O. The molecule has 2 aromatic rings. The predicted molar refractivity (Wildman–Crippen MR) is 166 cm³/mol. The number of carbonyl (C=O) groups is 6. The second kappa shape index (κ2) is 15.8. The Kier molecular flexibility index (Phi) is 12.4. The van der Waals surface area contributed by atoms with Crippen LogP contribution in [-0.4, -0.2) is 66.0 Å². The van der Waals surface area contributed by atoms with Gasteiger partial charge < -0.3 is 24.3 Å². The number of rotatable bonds is 7. The Labute approximate surface area is 273 Å². The van der Waals surface area contributed by atoms with Gasteiger partial charge in [0.2, 0.25) is 12.2 Å². The van der Waals surface area contributed by atoms with Crippen molar-refractivity contribution in [3.63, 3.8) is 0 Å². The number of esters is 4. The van der Waals surface area contributed by atoms with E-state index < -0.39 is 94.7 Å². The molecule has 2 aromatic carbocycles. The van der Waals surface area contributed by atoms with Crippen LogP contribution in [0.5, 0.6) is 0 Å². The molecule has 254 valence electrons. The minimum atomic E-state index is -1.89. The smallest absolute Gasteiger partial charge is 0.348 e. The van der Waals surface area contributed by atoms with Crippen molar-refractivity contribution in [2.45, 2.75) is 91.8 Å². The number of carbonyl (C=O) groups excluding carboxylic acids is 6. The Morgan fingerprint density at radius 3 is 2.02 bits per heavy atom. The van der Waals surface area contributed by atoms with E-state index in [0.29, 0.717) is 12.0 Å². The lowest BCUT2D eigenvalue weighted by atomic mass is 9.83. The van der Waals surface area contributed by atoms with Gasteiger partial charge in [0, 0.05) is 18.3 Å². The second-order valence-electron chi connectivity index (χ2n) is 12.5. The monoisotopic (exact) mass is 655 g/mol. The first-order valence-electron chi connectivity index (χ1n) is 15.5. The van der Waals surface area contributed by atoms with Gasteiger partial charge in [-0.05, 0) is 44.9 Å². The fraction of sp³-hybridized carbons (Fsp3) is 0.486. The van der Waals surface area contributed by atoms with Gasteiger partial charge in [0.05, 0.1) is 5.56 Å². The van der Waals surface area contributed by atoms with Gasteiger partial charge >= 0.3 is 23.9 Å². The molecule has 0 spiro atoms. The summed E-state index contributed by atoms with van der Waals surface area (Å²) < 4.78 is 36.9. The van der Waals surface area contributed by atoms with E-state index in [1.165, 1.54) is 39.0 Å². The summed E-state index contributed by atoms with van der Waals surface area (Å²) in [5.41, 5.74) is -1.67. The first-order valence-corrected chi connectivity index (χ1v) is 15.5. The highest BCUT2D eigenvalue weighted by atomic mass is 19.1. The molecule has 0 aliphatic carbocycles. The lowest BCUT2D eigenvalue weighted by Gasteiger charge is -2.30. The van der Waals surface area contributed by atoms with Crippen LogP contribution in [0.3, 0.4) is 0 Å². The van der Waals surface area contributed by atoms with Crippen LogP contribution >= 0.6 is 0 Å². The minimum absolute atomic E-state index is 0.115. The van der Waals surface area contributed by atoms with Crippen LogP contribution in [-0.2, 0) is 49.3 Å². The largest absolute Gasteiger partial charge is 0.457 e. The van der Waals surface area contributed by atoms with Crippen molar-refractivity contribution < 1.29 is 52.1 Å². The Bertz CT molecular complexity index is 1470. The molecule has 0 aromatic heterocycles. The van der Waals surface area contributed by atoms with Gasteiger partial charge in [-0.15, -0.1) is 0 Å². The average Bonchev–Trinajstić information content (AvgIpc) is 3.03. The molecule has 3 rings (SSSR count). The van der Waals surface area contributed by atoms with Crippen LogP contribution in [0.15, 0.2) is 54.6 Å². The topological polar surface area (TPSA) is 151 Å². The standard InChI is InChI=1S/C35H42FNO10/c1-8-20(4)28-33(42)44-21(5)26(37-30(39)23-16-12-13-17-24(23)36)31(40)46-27(19(2)3)32(41)45-25(18-22-14-10-9-11-15-22)29(38)35(6,7)34(43)47-28/h9-17,19-21,25-28H,8,18H2,1-7H3,(H,37,39)/t20-,21+,25-,26-,27-,28-/m0/s1. The number of benzene rings is 2. The summed E-state index contributed by atoms with van der Waals surface area (Å²) in [5, 5.41) is 2.35. The average molecular weight is 656 g/mol. The van der Waals surface area contributed by atoms with Gasteiger partial charge in [-0.2, -0.15) is 0 Å². The van der Waals surface area contributed by atoms with Crippen molar-refractivity contribution in [3.8, 4) is 0 Å². The maximum atomic E-state index is 14.5. The van der Waals surface area contributed by atoms with Crippen molar-refractivity contribution >= 4 is 35.6 Å². The summed E-state index contributed by atoms with van der Waals surface area (Å²) in [5.74, 6) is -8.36. The van der Waals surface area contributed by atoms with Gasteiger partial charge in [0.25, 0.3) is 5.91 Å². The lowest BCUT2D eigenvalue weighted by molar-refractivity contribution is -0.183. The molecule has 0 saturated carbocycles. The van der Waals surface area contributed by atoms with Gasteiger partial charge in [0.1, 0.15) is 17.3 Å². The number of hydrogen-bond donors (Lipinski definition) is 1. The third-order valence-corrected chi connectivity index (χ3v) is 8.08. The van der Waals surface area contributed by atoms with E-state index >= 15 is 0 Å². The zero-order valence-corrected chi connectivity index (χ0v) is 27.6. The molecule has 1 amide bonds. The molecule has 0 radical (unpaired) electrons. The molecule has 1 N–H and O–H groups in total. The van der Waals surface area contributed by atoms with E-state index in [0.717, 1.165) is 6.07 Å². The van der Waals surface area contributed by atoms with Crippen molar-refractivity contribution in [1.29, 1.82) is 0 Å². The molecule has 47 heavy (non-hydrogen) atoms. The Hall–Kier alpha value is -4.61. The molecule has 6 atom stereocenters. The summed E-state index contributed by atoms with van der Waals surface area (Å²) in [6, 6.07) is 11.9. The first kappa shape index (κ1) is 36.9. The highest BCUT2D eigenvalue weighted by molar-refractivity contribution is 6.06. The van der Waals surface area contributed by atoms with Crippen LogP contribution < -0.4 is 5.32 Å². The molecule has 1 heterocycles. The van der Waals surface area contributed by atoms with Crippen molar-refractivity contribution in [2.75, 3.05) is 0 Å². The molecular weight excluding hydrogens is 613 g/mol. The quantitative estimate of drug-likeness (QED) is 0.262. The zero-order chi connectivity index (χ0) is 35.1. The van der Waals surface area contributed by atoms with E-state index in [1.807, 2.05) is 0 Å². The summed E-state index contributed by atoms with van der Waals surface area (Å²) in [6.45, 7) is 10.4. The summed E-state index contributed by atoms with van der Waals surface area (Å²) in [7, 11) is 0. The van der Waals surface area contributed by atoms with Crippen LogP contribution in [0.1, 0.15) is 70.8 Å². The normalized spacial score (nSPS) is 25.0. The number of ketones is 1. The van der Waals surface area contributed by atoms with E-state index in [1.54, 1.807) is 58.0 Å². The fourth-order valence-electron chi connectivity index (χ4n) is 4.81. The Morgan fingerprint density at radius 1 is 0.830 bits per heavy atom. The maximum Gasteiger partial charge on any atom is 0.348 e. The number of Topliss-reactive ketones (excluding diaryl/α,β-unsaturated/α-hetero) is 1. The maximum absolute atomic E-state index is 14.5. The van der Waals surface area contributed by atoms with Gasteiger partial charge in [-0.3, -0.25) is 14.4 Å². The molecule has 1 aliphatic rings. The van der Waals surface area contributed by atoms with Gasteiger partial charge in [-0.25, -0.2) is 18.8 Å². The van der Waals surface area contributed by atoms with E-state index in [9.17, 15) is 33.2 Å². The van der Waals surface area contributed by atoms with Crippen LogP contribution in [0, 0.1) is 23.1 Å². The van der Waals surface area contributed by atoms with Gasteiger partial charge in [0.15, 0.2) is 17.9 Å². The molecule has 12 heteroatoms. The van der Waals surface area contributed by atoms with Gasteiger partial charge in [-0.1, -0.05) is 70.2 Å². The van der Waals surface area contributed by atoms with E-state index in [4.69, 9.17) is 18.9 Å². The van der Waals surface area contributed by atoms with Crippen LogP contribution in [0.4, 0.5) is 4.39 Å².